The van der Waals surface area contributed by atoms with Crippen molar-refractivity contribution in [3.63, 3.8) is 0 Å². The van der Waals surface area contributed by atoms with Crippen molar-refractivity contribution >= 4 is 5.91 Å². The molecule has 1 N–H and O–H groups in total. The number of rotatable bonds is 4. The van der Waals surface area contributed by atoms with Crippen LogP contribution in [0.3, 0.4) is 0 Å². The monoisotopic (exact) mass is 284 g/mol. The molecule has 1 aromatic carbocycles. The Morgan fingerprint density at radius 2 is 2.10 bits per heavy atom. The Kier molecular flexibility index (Phi) is 3.95. The van der Waals surface area contributed by atoms with Crippen molar-refractivity contribution in [1.82, 2.24) is 9.88 Å². The van der Waals surface area contributed by atoms with Gasteiger partial charge in [0.05, 0.1) is 12.6 Å². The minimum absolute atomic E-state index is 0.0549. The lowest BCUT2D eigenvalue weighted by atomic mass is 10.0. The SMILES string of the molecule is CC(CC(=O)NC1CCOc2ccccc21)n1cccc1. The molecule has 0 saturated carbocycles. The number of hydrogen-bond donors (Lipinski definition) is 1. The largest absolute Gasteiger partial charge is 0.493 e. The second-order valence-electron chi connectivity index (χ2n) is 5.48. The van der Waals surface area contributed by atoms with E-state index in [9.17, 15) is 4.79 Å². The molecule has 2 heterocycles. The number of aromatic nitrogens is 1. The summed E-state index contributed by atoms with van der Waals surface area (Å²) < 4.78 is 7.67. The van der Waals surface area contributed by atoms with Gasteiger partial charge in [-0.25, -0.2) is 0 Å². The van der Waals surface area contributed by atoms with Gasteiger partial charge in [-0.15, -0.1) is 0 Å². The van der Waals surface area contributed by atoms with E-state index >= 15 is 0 Å². The summed E-state index contributed by atoms with van der Waals surface area (Å²) >= 11 is 0. The molecule has 110 valence electrons. The third-order valence-electron chi connectivity index (χ3n) is 3.91. The highest BCUT2D eigenvalue weighted by atomic mass is 16.5. The van der Waals surface area contributed by atoms with Crippen molar-refractivity contribution in [3.8, 4) is 5.75 Å². The van der Waals surface area contributed by atoms with E-state index in [1.54, 1.807) is 0 Å². The molecule has 3 rings (SSSR count). The summed E-state index contributed by atoms with van der Waals surface area (Å²) in [5.41, 5.74) is 1.07. The fourth-order valence-corrected chi connectivity index (χ4v) is 2.76. The first-order valence-electron chi connectivity index (χ1n) is 7.37. The minimum atomic E-state index is 0.0549. The van der Waals surface area contributed by atoms with Crippen LogP contribution >= 0.6 is 0 Å². The zero-order valence-corrected chi connectivity index (χ0v) is 12.2. The van der Waals surface area contributed by atoms with Gasteiger partial charge in [0.2, 0.25) is 5.91 Å². The Hall–Kier alpha value is -2.23. The highest BCUT2D eigenvalue weighted by Gasteiger charge is 2.23. The number of benzene rings is 1. The average molecular weight is 284 g/mol. The van der Waals surface area contributed by atoms with Crippen molar-refractivity contribution in [2.45, 2.75) is 31.8 Å². The molecule has 1 aliphatic heterocycles. The number of carbonyl (C=O) groups is 1. The Bertz CT molecular complexity index is 607. The van der Waals surface area contributed by atoms with Gasteiger partial charge in [0.15, 0.2) is 0 Å². The van der Waals surface area contributed by atoms with Crippen LogP contribution in [0, 0.1) is 0 Å². The molecule has 4 heteroatoms. The molecule has 1 amide bonds. The van der Waals surface area contributed by atoms with Crippen LogP contribution in [0.15, 0.2) is 48.8 Å². The van der Waals surface area contributed by atoms with Crippen LogP contribution in [0.1, 0.15) is 37.4 Å². The van der Waals surface area contributed by atoms with Crippen molar-refractivity contribution < 1.29 is 9.53 Å². The average Bonchev–Trinajstić information content (AvgIpc) is 3.02. The number of para-hydroxylation sites is 1. The Morgan fingerprint density at radius 3 is 2.90 bits per heavy atom. The fraction of sp³-hybridized carbons (Fsp3) is 0.353. The van der Waals surface area contributed by atoms with Gasteiger partial charge in [0, 0.05) is 36.8 Å². The zero-order chi connectivity index (χ0) is 14.7. The van der Waals surface area contributed by atoms with E-state index in [4.69, 9.17) is 4.74 Å². The highest BCUT2D eigenvalue weighted by molar-refractivity contribution is 5.77. The van der Waals surface area contributed by atoms with Crippen molar-refractivity contribution in [2.24, 2.45) is 0 Å². The number of nitrogens with one attached hydrogen (secondary N) is 1. The van der Waals surface area contributed by atoms with Crippen molar-refractivity contribution in [3.05, 3.63) is 54.4 Å². The number of amides is 1. The summed E-state index contributed by atoms with van der Waals surface area (Å²) in [6, 6.07) is 12.1. The molecule has 0 aliphatic carbocycles. The molecule has 2 aromatic rings. The maximum Gasteiger partial charge on any atom is 0.222 e. The van der Waals surface area contributed by atoms with E-state index in [-0.39, 0.29) is 18.0 Å². The van der Waals surface area contributed by atoms with E-state index in [0.717, 1.165) is 17.7 Å². The Morgan fingerprint density at radius 1 is 1.33 bits per heavy atom. The molecule has 0 spiro atoms. The second-order valence-corrected chi connectivity index (χ2v) is 5.48. The summed E-state index contributed by atoms with van der Waals surface area (Å²) in [6.07, 6.45) is 5.28. The maximum atomic E-state index is 12.3. The molecule has 4 nitrogen and oxygen atoms in total. The lowest BCUT2D eigenvalue weighted by Crippen LogP contribution is -2.33. The van der Waals surface area contributed by atoms with E-state index in [2.05, 4.69) is 16.8 Å². The van der Waals surface area contributed by atoms with Crippen LogP contribution < -0.4 is 10.1 Å². The van der Waals surface area contributed by atoms with Gasteiger partial charge in [-0.3, -0.25) is 4.79 Å². The summed E-state index contributed by atoms with van der Waals surface area (Å²) in [7, 11) is 0. The van der Waals surface area contributed by atoms with Crippen LogP contribution in [-0.4, -0.2) is 17.1 Å². The van der Waals surface area contributed by atoms with Crippen molar-refractivity contribution in [2.75, 3.05) is 6.61 Å². The predicted molar refractivity (Wildman–Crippen MR) is 81.2 cm³/mol. The summed E-state index contributed by atoms with van der Waals surface area (Å²) in [5.74, 6) is 0.963. The third-order valence-corrected chi connectivity index (χ3v) is 3.91. The van der Waals surface area contributed by atoms with E-state index in [1.807, 2.05) is 48.8 Å². The molecular weight excluding hydrogens is 264 g/mol. The maximum absolute atomic E-state index is 12.3. The first kappa shape index (κ1) is 13.7. The standard InChI is InChI=1S/C17H20N2O2/c1-13(19-9-4-5-10-19)12-17(20)18-15-8-11-21-16-7-3-2-6-14(15)16/h2-7,9-10,13,15H,8,11-12H2,1H3,(H,18,20). The van der Waals surface area contributed by atoms with Crippen LogP contribution in [0.4, 0.5) is 0 Å². The smallest absolute Gasteiger partial charge is 0.222 e. The van der Waals surface area contributed by atoms with Gasteiger partial charge >= 0.3 is 0 Å². The van der Waals surface area contributed by atoms with Crippen LogP contribution in [0.25, 0.3) is 0 Å². The lowest BCUT2D eigenvalue weighted by molar-refractivity contribution is -0.122. The molecule has 1 aliphatic rings. The quantitative estimate of drug-likeness (QED) is 0.937. The topological polar surface area (TPSA) is 43.3 Å². The van der Waals surface area contributed by atoms with Gasteiger partial charge in [-0.05, 0) is 25.1 Å². The molecule has 2 unspecified atom stereocenters. The second kappa shape index (κ2) is 6.04. The number of nitrogens with zero attached hydrogens (tertiary/aromatic N) is 1. The molecule has 0 radical (unpaired) electrons. The number of hydrogen-bond acceptors (Lipinski definition) is 2. The number of ether oxygens (including phenoxy) is 1. The van der Waals surface area contributed by atoms with Crippen LogP contribution in [0.5, 0.6) is 5.75 Å². The number of carbonyl (C=O) groups excluding carboxylic acids is 1. The minimum Gasteiger partial charge on any atom is -0.493 e. The van der Waals surface area contributed by atoms with Gasteiger partial charge in [0.25, 0.3) is 0 Å². The third kappa shape index (κ3) is 3.10. The molecule has 0 fully saturated rings. The fourth-order valence-electron chi connectivity index (χ4n) is 2.76. The van der Waals surface area contributed by atoms with E-state index in [0.29, 0.717) is 13.0 Å². The Balaban J connectivity index is 1.63. The molecule has 1 aromatic heterocycles. The van der Waals surface area contributed by atoms with Gasteiger partial charge < -0.3 is 14.6 Å². The molecular formula is C17H20N2O2. The van der Waals surface area contributed by atoms with E-state index < -0.39 is 0 Å². The Labute approximate surface area is 124 Å². The van der Waals surface area contributed by atoms with E-state index in [1.165, 1.54) is 0 Å². The first-order valence-corrected chi connectivity index (χ1v) is 7.37. The highest BCUT2D eigenvalue weighted by Crippen LogP contribution is 2.31. The molecule has 21 heavy (non-hydrogen) atoms. The lowest BCUT2D eigenvalue weighted by Gasteiger charge is -2.27. The summed E-state index contributed by atoms with van der Waals surface area (Å²) in [6.45, 7) is 2.70. The van der Waals surface area contributed by atoms with Gasteiger partial charge in [-0.1, -0.05) is 18.2 Å². The molecule has 2 atom stereocenters. The molecule has 0 saturated heterocycles. The van der Waals surface area contributed by atoms with Gasteiger partial charge in [0.1, 0.15) is 5.75 Å². The van der Waals surface area contributed by atoms with Crippen LogP contribution in [-0.2, 0) is 4.79 Å². The van der Waals surface area contributed by atoms with Crippen LogP contribution in [0.2, 0.25) is 0 Å². The first-order chi connectivity index (χ1) is 10.2. The zero-order valence-electron chi connectivity index (χ0n) is 12.2. The summed E-state index contributed by atoms with van der Waals surface area (Å²) in [4.78, 5) is 12.3. The molecule has 0 bridgehead atoms. The van der Waals surface area contributed by atoms with Crippen molar-refractivity contribution in [1.29, 1.82) is 0 Å². The van der Waals surface area contributed by atoms with Gasteiger partial charge in [-0.2, -0.15) is 0 Å². The summed E-state index contributed by atoms with van der Waals surface area (Å²) in [5, 5.41) is 3.14. The number of fused-ring (bicyclic) bond motifs is 1. The normalized spacial score (nSPS) is 18.4. The predicted octanol–water partition coefficient (Wildman–Crippen LogP) is 3.08.